The Labute approximate surface area is 120 Å². The molecule has 5 nitrogen and oxygen atoms in total. The zero-order valence-corrected chi connectivity index (χ0v) is 13.3. The number of rotatable bonds is 4. The van der Waals surface area contributed by atoms with Crippen LogP contribution in [0.5, 0.6) is 0 Å². The van der Waals surface area contributed by atoms with Gasteiger partial charge in [0.25, 0.3) is 0 Å². The second-order valence-corrected chi connectivity index (χ2v) is 9.03. The SMILES string of the molecule is CC(CN)(C1CCOC1)N1CCSCC1S(C)(=O)=O. The molecule has 0 aromatic rings. The molecule has 2 aliphatic rings. The van der Waals surface area contributed by atoms with E-state index in [0.29, 0.717) is 24.8 Å². The molecule has 7 heteroatoms. The van der Waals surface area contributed by atoms with E-state index in [1.54, 1.807) is 11.8 Å². The molecule has 19 heavy (non-hydrogen) atoms. The van der Waals surface area contributed by atoms with E-state index in [1.807, 2.05) is 0 Å². The summed E-state index contributed by atoms with van der Waals surface area (Å²) < 4.78 is 29.6. The average molecular weight is 308 g/mol. The summed E-state index contributed by atoms with van der Waals surface area (Å²) in [7, 11) is -3.09. The minimum Gasteiger partial charge on any atom is -0.381 e. The van der Waals surface area contributed by atoms with Gasteiger partial charge in [-0.3, -0.25) is 4.90 Å². The number of nitrogens with two attached hydrogens (primary N) is 1. The molecule has 2 rings (SSSR count). The van der Waals surface area contributed by atoms with Crippen molar-refractivity contribution in [3.63, 3.8) is 0 Å². The Kier molecular flexibility index (Phi) is 4.83. The van der Waals surface area contributed by atoms with Crippen molar-refractivity contribution in [3.05, 3.63) is 0 Å². The third-order valence-corrected chi connectivity index (χ3v) is 7.10. The summed E-state index contributed by atoms with van der Waals surface area (Å²) >= 11 is 1.71. The summed E-state index contributed by atoms with van der Waals surface area (Å²) in [5, 5.41) is -0.416. The molecular weight excluding hydrogens is 284 g/mol. The van der Waals surface area contributed by atoms with Crippen LogP contribution >= 0.6 is 11.8 Å². The van der Waals surface area contributed by atoms with Gasteiger partial charge in [-0.1, -0.05) is 0 Å². The van der Waals surface area contributed by atoms with Crippen LogP contribution in [-0.2, 0) is 14.6 Å². The van der Waals surface area contributed by atoms with Gasteiger partial charge in [0.1, 0.15) is 5.37 Å². The fraction of sp³-hybridized carbons (Fsp3) is 1.00. The van der Waals surface area contributed by atoms with Crippen molar-refractivity contribution in [2.75, 3.05) is 44.1 Å². The third-order valence-electron chi connectivity index (χ3n) is 4.46. The number of nitrogens with zero attached hydrogens (tertiary/aromatic N) is 1. The molecule has 0 aromatic carbocycles. The second kappa shape index (κ2) is 5.89. The molecule has 2 N–H and O–H groups in total. The number of thioether (sulfide) groups is 1. The molecule has 3 unspecified atom stereocenters. The van der Waals surface area contributed by atoms with Gasteiger partial charge in [-0.25, -0.2) is 8.42 Å². The average Bonchev–Trinajstić information content (AvgIpc) is 2.91. The molecule has 0 saturated carbocycles. The Bertz CT molecular complexity index is 409. The van der Waals surface area contributed by atoms with Crippen molar-refractivity contribution in [1.29, 1.82) is 0 Å². The molecule has 0 spiro atoms. The van der Waals surface area contributed by atoms with E-state index < -0.39 is 15.2 Å². The molecule has 112 valence electrons. The lowest BCUT2D eigenvalue weighted by Crippen LogP contribution is -2.64. The lowest BCUT2D eigenvalue weighted by molar-refractivity contribution is 0.0418. The van der Waals surface area contributed by atoms with E-state index in [4.69, 9.17) is 10.5 Å². The van der Waals surface area contributed by atoms with E-state index in [-0.39, 0.29) is 5.54 Å². The largest absolute Gasteiger partial charge is 0.381 e. The van der Waals surface area contributed by atoms with E-state index in [2.05, 4.69) is 11.8 Å². The second-order valence-electron chi connectivity index (χ2n) is 5.67. The minimum atomic E-state index is -3.09. The van der Waals surface area contributed by atoms with Gasteiger partial charge >= 0.3 is 0 Å². The first-order valence-electron chi connectivity index (χ1n) is 6.71. The summed E-state index contributed by atoms with van der Waals surface area (Å²) in [6.45, 7) is 4.80. The van der Waals surface area contributed by atoms with Gasteiger partial charge in [0.2, 0.25) is 0 Å². The van der Waals surface area contributed by atoms with Gasteiger partial charge in [0.15, 0.2) is 9.84 Å². The lowest BCUT2D eigenvalue weighted by Gasteiger charge is -2.49. The zero-order chi connectivity index (χ0) is 14.1. The highest BCUT2D eigenvalue weighted by atomic mass is 32.2. The van der Waals surface area contributed by atoms with Crippen molar-refractivity contribution in [3.8, 4) is 0 Å². The normalized spacial score (nSPS) is 33.2. The molecule has 3 atom stereocenters. The molecule has 0 amide bonds. The van der Waals surface area contributed by atoms with Gasteiger partial charge < -0.3 is 10.5 Å². The standard InChI is InChI=1S/C12H24N2O3S2/c1-12(9-13,10-3-5-17-7-10)14-4-6-18-8-11(14)19(2,15)16/h10-11H,3-9,13H2,1-2H3. The lowest BCUT2D eigenvalue weighted by atomic mass is 9.83. The van der Waals surface area contributed by atoms with Gasteiger partial charge in [-0.2, -0.15) is 11.8 Å². The monoisotopic (exact) mass is 308 g/mol. The number of hydrogen-bond acceptors (Lipinski definition) is 6. The fourth-order valence-electron chi connectivity index (χ4n) is 3.06. The van der Waals surface area contributed by atoms with E-state index >= 15 is 0 Å². The first-order chi connectivity index (χ1) is 8.89. The highest BCUT2D eigenvalue weighted by molar-refractivity contribution is 8.00. The maximum Gasteiger partial charge on any atom is 0.164 e. The zero-order valence-electron chi connectivity index (χ0n) is 11.7. The highest BCUT2D eigenvalue weighted by Crippen LogP contribution is 2.35. The molecule has 0 bridgehead atoms. The maximum absolute atomic E-state index is 12.0. The molecule has 2 saturated heterocycles. The van der Waals surface area contributed by atoms with Gasteiger partial charge in [0, 0.05) is 48.9 Å². The molecular formula is C12H24N2O3S2. The van der Waals surface area contributed by atoms with Crippen molar-refractivity contribution < 1.29 is 13.2 Å². The Morgan fingerprint density at radius 1 is 1.53 bits per heavy atom. The summed E-state index contributed by atoms with van der Waals surface area (Å²) in [6, 6.07) is 0. The van der Waals surface area contributed by atoms with Crippen molar-refractivity contribution in [2.24, 2.45) is 11.7 Å². The Morgan fingerprint density at radius 3 is 2.79 bits per heavy atom. The number of hydrogen-bond donors (Lipinski definition) is 1. The molecule has 2 fully saturated rings. The van der Waals surface area contributed by atoms with Crippen LogP contribution in [0.1, 0.15) is 13.3 Å². The van der Waals surface area contributed by atoms with Crippen molar-refractivity contribution in [2.45, 2.75) is 24.3 Å². The Hall–Kier alpha value is 0.180. The fourth-order valence-corrected chi connectivity index (χ4v) is 6.02. The van der Waals surface area contributed by atoms with Crippen molar-refractivity contribution >= 4 is 21.6 Å². The van der Waals surface area contributed by atoms with Gasteiger partial charge in [0.05, 0.1) is 6.61 Å². The van der Waals surface area contributed by atoms with Crippen LogP contribution in [0.15, 0.2) is 0 Å². The van der Waals surface area contributed by atoms with E-state index in [9.17, 15) is 8.42 Å². The molecule has 0 aliphatic carbocycles. The summed E-state index contributed by atoms with van der Waals surface area (Å²) in [5.41, 5.74) is 5.74. The van der Waals surface area contributed by atoms with Crippen LogP contribution in [-0.4, -0.2) is 68.3 Å². The molecule has 2 heterocycles. The van der Waals surface area contributed by atoms with Crippen LogP contribution < -0.4 is 5.73 Å². The van der Waals surface area contributed by atoms with Gasteiger partial charge in [-0.15, -0.1) is 0 Å². The first kappa shape index (κ1) is 15.6. The topological polar surface area (TPSA) is 72.6 Å². The number of sulfone groups is 1. The highest BCUT2D eigenvalue weighted by Gasteiger charge is 2.46. The Balaban J connectivity index is 2.28. The van der Waals surface area contributed by atoms with Crippen LogP contribution in [0.2, 0.25) is 0 Å². The maximum atomic E-state index is 12.0. The first-order valence-corrected chi connectivity index (χ1v) is 9.81. The minimum absolute atomic E-state index is 0.286. The summed E-state index contributed by atoms with van der Waals surface area (Å²) in [5.74, 6) is 1.93. The van der Waals surface area contributed by atoms with E-state index in [0.717, 1.165) is 25.3 Å². The Morgan fingerprint density at radius 2 is 2.26 bits per heavy atom. The summed E-state index contributed by atoms with van der Waals surface area (Å²) in [6.07, 6.45) is 2.30. The molecule has 2 aliphatic heterocycles. The van der Waals surface area contributed by atoms with Crippen LogP contribution in [0, 0.1) is 5.92 Å². The van der Waals surface area contributed by atoms with Gasteiger partial charge in [-0.05, 0) is 13.3 Å². The quantitative estimate of drug-likeness (QED) is 0.797. The third kappa shape index (κ3) is 3.10. The van der Waals surface area contributed by atoms with Crippen molar-refractivity contribution in [1.82, 2.24) is 4.90 Å². The predicted molar refractivity (Wildman–Crippen MR) is 79.0 cm³/mol. The van der Waals surface area contributed by atoms with Crippen LogP contribution in [0.3, 0.4) is 0 Å². The predicted octanol–water partition coefficient (Wildman–Crippen LogP) is 0.160. The molecule has 0 radical (unpaired) electrons. The summed E-state index contributed by atoms with van der Waals surface area (Å²) in [4.78, 5) is 2.12. The number of ether oxygens (including phenoxy) is 1. The van der Waals surface area contributed by atoms with Crippen LogP contribution in [0.4, 0.5) is 0 Å². The van der Waals surface area contributed by atoms with Crippen LogP contribution in [0.25, 0.3) is 0 Å². The molecule has 0 aromatic heterocycles. The smallest absolute Gasteiger partial charge is 0.164 e. The van der Waals surface area contributed by atoms with E-state index in [1.165, 1.54) is 6.26 Å².